The molecule has 0 bridgehead atoms. The molecule has 3 heteroatoms. The van der Waals surface area contributed by atoms with Crippen molar-refractivity contribution in [2.24, 2.45) is 0 Å². The van der Waals surface area contributed by atoms with Crippen molar-refractivity contribution < 1.29 is 9.16 Å². The lowest BCUT2D eigenvalue weighted by atomic mass is 10.2. The van der Waals surface area contributed by atoms with Crippen molar-refractivity contribution in [3.05, 3.63) is 11.3 Å². The molecule has 0 aromatic heterocycles. The Morgan fingerprint density at radius 2 is 1.76 bits per heavy atom. The van der Waals surface area contributed by atoms with Crippen LogP contribution in [0.15, 0.2) is 11.3 Å². The highest BCUT2D eigenvalue weighted by Gasteiger charge is 2.27. The number of rotatable bonds is 10. The first-order chi connectivity index (χ1) is 8.08. The summed E-state index contributed by atoms with van der Waals surface area (Å²) < 4.78 is 11.4. The van der Waals surface area contributed by atoms with Gasteiger partial charge >= 0.3 is 0 Å². The summed E-state index contributed by atoms with van der Waals surface area (Å²) in [6.07, 6.45) is 8.37. The zero-order valence-electron chi connectivity index (χ0n) is 12.3. The molecule has 0 heterocycles. The maximum atomic E-state index is 6.11. The molecule has 0 spiro atoms. The molecule has 102 valence electrons. The first-order valence-electron chi connectivity index (χ1n) is 6.90. The average molecular weight is 258 g/mol. The maximum Gasteiger partial charge on any atom is 0.216 e. The third-order valence-electron chi connectivity index (χ3n) is 2.98. The fourth-order valence-electron chi connectivity index (χ4n) is 1.68. The zero-order valence-corrected chi connectivity index (χ0v) is 13.3. The van der Waals surface area contributed by atoms with Crippen molar-refractivity contribution in [1.29, 1.82) is 0 Å². The van der Waals surface area contributed by atoms with Gasteiger partial charge in [0.05, 0.1) is 6.61 Å². The Balaban J connectivity index is 4.37. The first kappa shape index (κ1) is 16.9. The van der Waals surface area contributed by atoms with E-state index in [1.165, 1.54) is 24.5 Å². The predicted molar refractivity (Wildman–Crippen MR) is 77.8 cm³/mol. The minimum Gasteiger partial charge on any atom is -0.413 e. The van der Waals surface area contributed by atoms with E-state index < -0.39 is 8.32 Å². The number of allylic oxidation sites excluding steroid dienone is 1. The summed E-state index contributed by atoms with van der Waals surface area (Å²) in [5.41, 5.74) is 0. The highest BCUT2D eigenvalue weighted by Crippen LogP contribution is 2.19. The molecule has 2 nitrogen and oxygen atoms in total. The van der Waals surface area contributed by atoms with Crippen LogP contribution in [-0.4, -0.2) is 28.6 Å². The van der Waals surface area contributed by atoms with Crippen LogP contribution < -0.4 is 0 Å². The second-order valence-electron chi connectivity index (χ2n) is 5.02. The molecule has 0 aliphatic carbocycles. The minimum absolute atomic E-state index is 0.731. The van der Waals surface area contributed by atoms with Gasteiger partial charge in [0.25, 0.3) is 0 Å². The van der Waals surface area contributed by atoms with Crippen LogP contribution in [0.5, 0.6) is 0 Å². The van der Waals surface area contributed by atoms with Gasteiger partial charge in [0.1, 0.15) is 0 Å². The zero-order chi connectivity index (χ0) is 13.1. The topological polar surface area (TPSA) is 18.5 Å². The molecule has 17 heavy (non-hydrogen) atoms. The van der Waals surface area contributed by atoms with Crippen molar-refractivity contribution in [2.75, 3.05) is 20.3 Å². The smallest absolute Gasteiger partial charge is 0.216 e. The highest BCUT2D eigenvalue weighted by molar-refractivity contribution is 6.78. The van der Waals surface area contributed by atoms with E-state index in [0.29, 0.717) is 0 Å². The minimum atomic E-state index is -1.70. The molecular weight excluding hydrogens is 228 g/mol. The summed E-state index contributed by atoms with van der Waals surface area (Å²) in [7, 11) is 0.0632. The van der Waals surface area contributed by atoms with Gasteiger partial charge in [-0.05, 0) is 31.1 Å². The molecule has 0 aliphatic heterocycles. The first-order valence-corrected chi connectivity index (χ1v) is 9.81. The standard InChI is InChI=1S/C14H30O2Si/c1-6-8-10-11-14(13-15-3)17(4,5)16-12-9-7-2/h11H,6-10,12-13H2,1-5H3/b14-11+. The number of hydrogen-bond acceptors (Lipinski definition) is 2. The molecule has 0 rings (SSSR count). The number of ether oxygens (including phenoxy) is 1. The van der Waals surface area contributed by atoms with Crippen molar-refractivity contribution in [2.45, 2.75) is 59.0 Å². The highest BCUT2D eigenvalue weighted by atomic mass is 28.4. The van der Waals surface area contributed by atoms with E-state index in [4.69, 9.17) is 9.16 Å². The van der Waals surface area contributed by atoms with Gasteiger partial charge in [-0.1, -0.05) is 39.2 Å². The maximum absolute atomic E-state index is 6.11. The van der Waals surface area contributed by atoms with Crippen LogP contribution in [0, 0.1) is 0 Å². The number of methoxy groups -OCH3 is 1. The van der Waals surface area contributed by atoms with Gasteiger partial charge < -0.3 is 9.16 Å². The van der Waals surface area contributed by atoms with Crippen molar-refractivity contribution in [1.82, 2.24) is 0 Å². The lowest BCUT2D eigenvalue weighted by Gasteiger charge is -2.26. The molecule has 0 atom stereocenters. The Bertz CT molecular complexity index is 212. The van der Waals surface area contributed by atoms with Gasteiger partial charge in [-0.25, -0.2) is 0 Å². The second kappa shape index (κ2) is 9.86. The predicted octanol–water partition coefficient (Wildman–Crippen LogP) is 4.31. The molecule has 0 unspecified atom stereocenters. The molecule has 0 N–H and O–H groups in total. The summed E-state index contributed by atoms with van der Waals surface area (Å²) in [5, 5.41) is 1.41. The fraction of sp³-hybridized carbons (Fsp3) is 0.857. The summed E-state index contributed by atoms with van der Waals surface area (Å²) in [5.74, 6) is 0. The Morgan fingerprint density at radius 3 is 2.29 bits per heavy atom. The summed E-state index contributed by atoms with van der Waals surface area (Å²) >= 11 is 0. The van der Waals surface area contributed by atoms with Crippen LogP contribution in [0.2, 0.25) is 13.1 Å². The lowest BCUT2D eigenvalue weighted by molar-refractivity contribution is 0.223. The van der Waals surface area contributed by atoms with Crippen LogP contribution in [0.3, 0.4) is 0 Å². The van der Waals surface area contributed by atoms with E-state index in [0.717, 1.165) is 26.1 Å². The van der Waals surface area contributed by atoms with Crippen LogP contribution in [0.25, 0.3) is 0 Å². The van der Waals surface area contributed by atoms with E-state index >= 15 is 0 Å². The quantitative estimate of drug-likeness (QED) is 0.429. The molecule has 0 fully saturated rings. The molecule has 0 aromatic rings. The SMILES string of the molecule is CCCC/C=C(\COC)[Si](C)(C)OCCCC. The van der Waals surface area contributed by atoms with Crippen molar-refractivity contribution >= 4 is 8.32 Å². The van der Waals surface area contributed by atoms with Gasteiger partial charge in [0.2, 0.25) is 8.32 Å². The van der Waals surface area contributed by atoms with E-state index in [1.807, 2.05) is 0 Å². The Hall–Kier alpha value is -0.123. The molecular formula is C14H30O2Si. The van der Waals surface area contributed by atoms with Gasteiger partial charge in [-0.2, -0.15) is 0 Å². The van der Waals surface area contributed by atoms with Crippen LogP contribution in [0.4, 0.5) is 0 Å². The molecule has 0 aromatic carbocycles. The van der Waals surface area contributed by atoms with Crippen molar-refractivity contribution in [3.8, 4) is 0 Å². The third kappa shape index (κ3) is 7.74. The van der Waals surface area contributed by atoms with E-state index in [-0.39, 0.29) is 0 Å². The Labute approximate surface area is 109 Å². The normalized spacial score (nSPS) is 13.1. The Morgan fingerprint density at radius 1 is 1.12 bits per heavy atom. The molecule has 0 saturated carbocycles. The average Bonchev–Trinajstić information content (AvgIpc) is 2.28. The van der Waals surface area contributed by atoms with Gasteiger partial charge in [0, 0.05) is 13.7 Å². The lowest BCUT2D eigenvalue weighted by Crippen LogP contribution is -2.36. The van der Waals surface area contributed by atoms with E-state index in [9.17, 15) is 0 Å². The fourth-order valence-corrected chi connectivity index (χ4v) is 3.65. The molecule has 0 saturated heterocycles. The number of unbranched alkanes of at least 4 members (excludes halogenated alkanes) is 3. The van der Waals surface area contributed by atoms with Crippen molar-refractivity contribution in [3.63, 3.8) is 0 Å². The number of hydrogen-bond donors (Lipinski definition) is 0. The van der Waals surface area contributed by atoms with Gasteiger partial charge in [0.15, 0.2) is 0 Å². The Kier molecular flexibility index (Phi) is 9.79. The van der Waals surface area contributed by atoms with Crippen LogP contribution >= 0.6 is 0 Å². The van der Waals surface area contributed by atoms with Crippen LogP contribution in [0.1, 0.15) is 46.0 Å². The van der Waals surface area contributed by atoms with E-state index in [2.05, 4.69) is 33.0 Å². The summed E-state index contributed by atoms with van der Waals surface area (Å²) in [6, 6.07) is 0. The second-order valence-corrected chi connectivity index (χ2v) is 8.97. The van der Waals surface area contributed by atoms with Crippen LogP contribution in [-0.2, 0) is 9.16 Å². The molecule has 0 radical (unpaired) electrons. The van der Waals surface area contributed by atoms with E-state index in [1.54, 1.807) is 7.11 Å². The largest absolute Gasteiger partial charge is 0.413 e. The summed E-state index contributed by atoms with van der Waals surface area (Å²) in [4.78, 5) is 0. The molecule has 0 amide bonds. The monoisotopic (exact) mass is 258 g/mol. The van der Waals surface area contributed by atoms with Gasteiger partial charge in [-0.15, -0.1) is 0 Å². The van der Waals surface area contributed by atoms with Gasteiger partial charge in [-0.3, -0.25) is 0 Å². The third-order valence-corrected chi connectivity index (χ3v) is 5.80. The molecule has 0 aliphatic rings. The summed E-state index contributed by atoms with van der Waals surface area (Å²) in [6.45, 7) is 10.6.